The van der Waals surface area contributed by atoms with Crippen molar-refractivity contribution in [3.63, 3.8) is 0 Å². The minimum atomic E-state index is -0.113. The molecule has 0 bridgehead atoms. The smallest absolute Gasteiger partial charge is 0.162 e. The van der Waals surface area contributed by atoms with E-state index >= 15 is 0 Å². The quantitative estimate of drug-likeness (QED) is 0.510. The van der Waals surface area contributed by atoms with Crippen molar-refractivity contribution in [2.75, 3.05) is 7.11 Å². The van der Waals surface area contributed by atoms with Crippen LogP contribution in [0.4, 0.5) is 0 Å². The predicted octanol–water partition coefficient (Wildman–Crippen LogP) is 2.51. The van der Waals surface area contributed by atoms with Gasteiger partial charge in [0.15, 0.2) is 5.65 Å². The van der Waals surface area contributed by atoms with Gasteiger partial charge in [-0.3, -0.25) is 9.67 Å². The molecule has 4 aromatic rings. The van der Waals surface area contributed by atoms with E-state index in [2.05, 4.69) is 25.3 Å². The van der Waals surface area contributed by atoms with Crippen LogP contribution in [0, 0.1) is 5.92 Å². The van der Waals surface area contributed by atoms with Crippen molar-refractivity contribution in [2.24, 2.45) is 5.92 Å². The number of rotatable bonds is 6. The first-order valence-electron chi connectivity index (χ1n) is 9.30. The summed E-state index contributed by atoms with van der Waals surface area (Å²) in [5.41, 5.74) is 3.22. The fourth-order valence-corrected chi connectivity index (χ4v) is 3.31. The summed E-state index contributed by atoms with van der Waals surface area (Å²) in [6.07, 6.45) is 11.3. The second-order valence-corrected chi connectivity index (χ2v) is 7.15. The van der Waals surface area contributed by atoms with Crippen LogP contribution in [0.2, 0.25) is 0 Å². The topological polar surface area (TPSA) is 96.4 Å². The molecule has 9 heteroatoms. The van der Waals surface area contributed by atoms with Crippen molar-refractivity contribution in [3.8, 4) is 17.0 Å². The molecule has 142 valence electrons. The molecule has 0 spiro atoms. The molecule has 9 nitrogen and oxygen atoms in total. The number of hydrogen-bond acceptors (Lipinski definition) is 7. The van der Waals surface area contributed by atoms with Crippen LogP contribution >= 0.6 is 0 Å². The van der Waals surface area contributed by atoms with Gasteiger partial charge in [0.25, 0.3) is 0 Å². The molecule has 1 atom stereocenters. The van der Waals surface area contributed by atoms with Crippen molar-refractivity contribution in [2.45, 2.75) is 32.4 Å². The lowest BCUT2D eigenvalue weighted by Crippen LogP contribution is -2.10. The highest BCUT2D eigenvalue weighted by atomic mass is 16.5. The summed E-state index contributed by atoms with van der Waals surface area (Å²) in [6.45, 7) is 2.98. The van der Waals surface area contributed by atoms with E-state index in [4.69, 9.17) is 9.84 Å². The zero-order chi connectivity index (χ0) is 19.1. The highest BCUT2D eigenvalue weighted by molar-refractivity contribution is 5.90. The van der Waals surface area contributed by atoms with Gasteiger partial charge in [-0.25, -0.2) is 14.6 Å². The third kappa shape index (κ3) is 2.98. The first-order valence-corrected chi connectivity index (χ1v) is 9.30. The predicted molar refractivity (Wildman–Crippen MR) is 102 cm³/mol. The molecule has 0 saturated heterocycles. The van der Waals surface area contributed by atoms with Crippen molar-refractivity contribution in [1.82, 2.24) is 39.7 Å². The molecule has 28 heavy (non-hydrogen) atoms. The summed E-state index contributed by atoms with van der Waals surface area (Å²) in [5, 5.41) is 14.3. The number of methoxy groups -OCH3 is 1. The lowest BCUT2D eigenvalue weighted by Gasteiger charge is -2.09. The van der Waals surface area contributed by atoms with Crippen LogP contribution < -0.4 is 4.74 Å². The van der Waals surface area contributed by atoms with Gasteiger partial charge in [-0.1, -0.05) is 5.21 Å². The molecule has 1 saturated carbocycles. The summed E-state index contributed by atoms with van der Waals surface area (Å²) in [5.74, 6) is 1.42. The van der Waals surface area contributed by atoms with Gasteiger partial charge < -0.3 is 4.74 Å². The Hall–Kier alpha value is -3.36. The first-order chi connectivity index (χ1) is 13.7. The molecule has 0 radical (unpaired) electrons. The lowest BCUT2D eigenvalue weighted by molar-refractivity contribution is 0.413. The van der Waals surface area contributed by atoms with Crippen molar-refractivity contribution < 1.29 is 4.74 Å². The van der Waals surface area contributed by atoms with E-state index in [0.29, 0.717) is 5.75 Å². The van der Waals surface area contributed by atoms with Gasteiger partial charge in [-0.05, 0) is 31.7 Å². The maximum atomic E-state index is 5.30. The highest BCUT2D eigenvalue weighted by Crippen LogP contribution is 2.32. The van der Waals surface area contributed by atoms with E-state index in [0.717, 1.165) is 40.4 Å². The number of ether oxygens (including phenoxy) is 1. The third-order valence-corrected chi connectivity index (χ3v) is 5.09. The average molecular weight is 376 g/mol. The Morgan fingerprint density at radius 1 is 1.21 bits per heavy atom. The van der Waals surface area contributed by atoms with Gasteiger partial charge in [-0.2, -0.15) is 5.10 Å². The molecular weight excluding hydrogens is 356 g/mol. The molecular formula is C19H20N8O. The minimum Gasteiger partial charge on any atom is -0.495 e. The number of fused-ring (bicyclic) bond motifs is 1. The molecule has 1 unspecified atom stereocenters. The Morgan fingerprint density at radius 3 is 2.93 bits per heavy atom. The Kier molecular flexibility index (Phi) is 4.00. The van der Waals surface area contributed by atoms with Gasteiger partial charge in [0.1, 0.15) is 23.5 Å². The van der Waals surface area contributed by atoms with Gasteiger partial charge in [-0.15, -0.1) is 5.10 Å². The van der Waals surface area contributed by atoms with Crippen LogP contribution in [0.3, 0.4) is 0 Å². The second-order valence-electron chi connectivity index (χ2n) is 7.15. The lowest BCUT2D eigenvalue weighted by atomic mass is 10.1. The van der Waals surface area contributed by atoms with Crippen molar-refractivity contribution in [1.29, 1.82) is 0 Å². The maximum Gasteiger partial charge on any atom is 0.162 e. The first kappa shape index (κ1) is 16.8. The summed E-state index contributed by atoms with van der Waals surface area (Å²) < 4.78 is 9.10. The zero-order valence-corrected chi connectivity index (χ0v) is 15.7. The van der Waals surface area contributed by atoms with Gasteiger partial charge in [0, 0.05) is 24.5 Å². The molecule has 1 fully saturated rings. The van der Waals surface area contributed by atoms with E-state index in [1.807, 2.05) is 28.6 Å². The molecule has 0 aromatic carbocycles. The SMILES string of the molecule is COc1cncc(-c2nn(C(C)c3cn(CC4CC4)nn3)c3ncncc23)c1. The minimum absolute atomic E-state index is 0.113. The monoisotopic (exact) mass is 376 g/mol. The molecule has 0 amide bonds. The Bertz CT molecular complexity index is 1130. The largest absolute Gasteiger partial charge is 0.495 e. The van der Waals surface area contributed by atoms with Crippen molar-refractivity contribution in [3.05, 3.63) is 42.9 Å². The Labute approximate surface area is 161 Å². The normalized spacial score (nSPS) is 15.1. The molecule has 5 rings (SSSR count). The zero-order valence-electron chi connectivity index (χ0n) is 15.7. The molecule has 4 heterocycles. The summed E-state index contributed by atoms with van der Waals surface area (Å²) in [4.78, 5) is 12.9. The van der Waals surface area contributed by atoms with Crippen LogP contribution in [0.25, 0.3) is 22.3 Å². The molecule has 4 aromatic heterocycles. The Balaban J connectivity index is 1.56. The number of pyridine rings is 1. The fourth-order valence-electron chi connectivity index (χ4n) is 3.31. The fraction of sp³-hybridized carbons (Fsp3) is 0.368. The highest BCUT2D eigenvalue weighted by Gasteiger charge is 2.24. The van der Waals surface area contributed by atoms with E-state index in [9.17, 15) is 0 Å². The standard InChI is InChI=1S/C19H20N8O/c1-12(17-10-26(25-23-17)9-13-3-4-13)27-19-16(8-21-11-22-19)18(24-27)14-5-15(28-2)7-20-6-14/h5-8,10-13H,3-4,9H2,1-2H3. The molecule has 1 aliphatic carbocycles. The number of nitrogens with zero attached hydrogens (tertiary/aromatic N) is 8. The summed E-state index contributed by atoms with van der Waals surface area (Å²) >= 11 is 0. The van der Waals surface area contributed by atoms with E-state index < -0.39 is 0 Å². The summed E-state index contributed by atoms with van der Waals surface area (Å²) in [6, 6.07) is 1.79. The molecule has 1 aliphatic rings. The van der Waals surface area contributed by atoms with Gasteiger partial charge in [0.2, 0.25) is 0 Å². The summed E-state index contributed by atoms with van der Waals surface area (Å²) in [7, 11) is 1.62. The number of hydrogen-bond donors (Lipinski definition) is 0. The van der Waals surface area contributed by atoms with Crippen LogP contribution in [-0.2, 0) is 6.54 Å². The van der Waals surface area contributed by atoms with Gasteiger partial charge in [0.05, 0.1) is 30.9 Å². The third-order valence-electron chi connectivity index (χ3n) is 5.09. The van der Waals surface area contributed by atoms with E-state index in [1.54, 1.807) is 25.7 Å². The van der Waals surface area contributed by atoms with Crippen molar-refractivity contribution >= 4 is 11.0 Å². The molecule has 0 N–H and O–H groups in total. The van der Waals surface area contributed by atoms with Crippen LogP contribution in [-0.4, -0.2) is 46.8 Å². The maximum absolute atomic E-state index is 5.30. The number of aromatic nitrogens is 8. The average Bonchev–Trinajstić information content (AvgIpc) is 3.28. The van der Waals surface area contributed by atoms with Crippen LogP contribution in [0.15, 0.2) is 37.2 Å². The van der Waals surface area contributed by atoms with Crippen LogP contribution in [0.1, 0.15) is 31.5 Å². The second kappa shape index (κ2) is 6.66. The van der Waals surface area contributed by atoms with E-state index in [-0.39, 0.29) is 6.04 Å². The molecule has 0 aliphatic heterocycles. The Morgan fingerprint density at radius 2 is 2.11 bits per heavy atom. The van der Waals surface area contributed by atoms with E-state index in [1.165, 1.54) is 19.2 Å². The van der Waals surface area contributed by atoms with Crippen LogP contribution in [0.5, 0.6) is 5.75 Å². The van der Waals surface area contributed by atoms with Gasteiger partial charge >= 0.3 is 0 Å².